The average Bonchev–Trinajstić information content (AvgIpc) is 2.97. The number of allylic oxidation sites excluding steroid dienone is 1. The van der Waals surface area contributed by atoms with Crippen molar-refractivity contribution in [3.8, 4) is 23.8 Å². The summed E-state index contributed by atoms with van der Waals surface area (Å²) in [6.07, 6.45) is 1.51. The molecule has 0 radical (unpaired) electrons. The number of aryl methyl sites for hydroxylation is 1. The van der Waals surface area contributed by atoms with Gasteiger partial charge < -0.3 is 13.7 Å². The van der Waals surface area contributed by atoms with E-state index in [-0.39, 0.29) is 5.57 Å². The van der Waals surface area contributed by atoms with Gasteiger partial charge >= 0.3 is 5.63 Å². The van der Waals surface area contributed by atoms with E-state index >= 15 is 0 Å². The van der Waals surface area contributed by atoms with Crippen LogP contribution < -0.4 is 10.4 Å². The van der Waals surface area contributed by atoms with Crippen molar-refractivity contribution in [1.82, 2.24) is 4.57 Å². The van der Waals surface area contributed by atoms with E-state index in [0.717, 1.165) is 16.3 Å². The Hall–Kier alpha value is -4.29. The smallest absolute Gasteiger partial charge is 0.336 e. The highest BCUT2D eigenvalue weighted by Crippen LogP contribution is 2.36. The quantitative estimate of drug-likeness (QED) is 0.392. The van der Waals surface area contributed by atoms with Gasteiger partial charge in [0.2, 0.25) is 5.88 Å². The molecule has 0 aliphatic heterocycles. The van der Waals surface area contributed by atoms with Gasteiger partial charge in [-0.2, -0.15) is 10.5 Å². The molecule has 0 unspecified atom stereocenters. The van der Waals surface area contributed by atoms with E-state index in [0.29, 0.717) is 22.8 Å². The fraction of sp³-hybridized carbons (Fsp3) is 0.0455. The van der Waals surface area contributed by atoms with Crippen LogP contribution in [-0.4, -0.2) is 4.57 Å². The van der Waals surface area contributed by atoms with Crippen molar-refractivity contribution in [2.24, 2.45) is 7.05 Å². The normalized spacial score (nSPS) is 10.4. The number of hydrogen-bond donors (Lipinski definition) is 0. The molecule has 0 spiro atoms. The predicted octanol–water partition coefficient (Wildman–Crippen LogP) is 4.51. The SMILES string of the molecule is Cn1c(Oc2ccc3ccc(=O)oc3c2)c(C=C(C#N)C#N)c2ccccc21. The fourth-order valence-electron chi connectivity index (χ4n) is 3.11. The van der Waals surface area contributed by atoms with Gasteiger partial charge in [0, 0.05) is 35.5 Å². The van der Waals surface area contributed by atoms with Crippen LogP contribution in [0, 0.1) is 22.7 Å². The molecule has 0 fully saturated rings. The third-order valence-electron chi connectivity index (χ3n) is 4.43. The summed E-state index contributed by atoms with van der Waals surface area (Å²) in [5, 5.41) is 20.0. The molecule has 134 valence electrons. The standard InChI is InChI=1S/C22H13N3O3/c1-25-19-5-3-2-4-17(19)18(10-14(12-23)13-24)22(25)27-16-8-6-15-7-9-21(26)28-20(15)11-16/h2-11H,1H3. The van der Waals surface area contributed by atoms with Crippen LogP contribution in [0.5, 0.6) is 11.6 Å². The Bertz CT molecular complexity index is 1380. The fourth-order valence-corrected chi connectivity index (χ4v) is 3.11. The van der Waals surface area contributed by atoms with Crippen LogP contribution in [0.4, 0.5) is 0 Å². The Morgan fingerprint density at radius 1 is 1.11 bits per heavy atom. The molecule has 0 atom stereocenters. The lowest BCUT2D eigenvalue weighted by molar-refractivity contribution is 0.444. The molecule has 0 saturated heterocycles. The molecule has 4 aromatic rings. The number of nitrogens with zero attached hydrogens (tertiary/aromatic N) is 3. The Morgan fingerprint density at radius 3 is 2.64 bits per heavy atom. The highest BCUT2D eigenvalue weighted by Gasteiger charge is 2.16. The Morgan fingerprint density at radius 2 is 1.86 bits per heavy atom. The third-order valence-corrected chi connectivity index (χ3v) is 4.43. The Kier molecular flexibility index (Phi) is 4.16. The summed E-state index contributed by atoms with van der Waals surface area (Å²) in [6, 6.07) is 19.6. The van der Waals surface area contributed by atoms with Gasteiger partial charge in [0.25, 0.3) is 0 Å². The summed E-state index contributed by atoms with van der Waals surface area (Å²) in [4.78, 5) is 11.5. The summed E-state index contributed by atoms with van der Waals surface area (Å²) in [6.45, 7) is 0. The topological polar surface area (TPSA) is 91.9 Å². The molecule has 0 aliphatic carbocycles. The van der Waals surface area contributed by atoms with Gasteiger partial charge in [0.15, 0.2) is 0 Å². The molecule has 2 aromatic carbocycles. The first-order valence-corrected chi connectivity index (χ1v) is 8.42. The lowest BCUT2D eigenvalue weighted by atomic mass is 10.1. The predicted molar refractivity (Wildman–Crippen MR) is 105 cm³/mol. The molecule has 0 bridgehead atoms. The molecule has 2 heterocycles. The van der Waals surface area contributed by atoms with Crippen LogP contribution in [-0.2, 0) is 7.05 Å². The number of ether oxygens (including phenoxy) is 1. The molecule has 6 heteroatoms. The van der Waals surface area contributed by atoms with E-state index in [1.54, 1.807) is 24.3 Å². The molecule has 0 N–H and O–H groups in total. The maximum atomic E-state index is 11.5. The summed E-state index contributed by atoms with van der Waals surface area (Å²) in [5.74, 6) is 0.944. The molecule has 0 amide bonds. The Labute approximate surface area is 159 Å². The number of fused-ring (bicyclic) bond motifs is 2. The van der Waals surface area contributed by atoms with Gasteiger partial charge in [-0.1, -0.05) is 18.2 Å². The number of hydrogen-bond acceptors (Lipinski definition) is 5. The van der Waals surface area contributed by atoms with E-state index in [1.807, 2.05) is 48.0 Å². The summed E-state index contributed by atoms with van der Waals surface area (Å²) >= 11 is 0. The van der Waals surface area contributed by atoms with E-state index in [4.69, 9.17) is 19.7 Å². The van der Waals surface area contributed by atoms with E-state index in [2.05, 4.69) is 0 Å². The second-order valence-corrected chi connectivity index (χ2v) is 6.13. The lowest BCUT2D eigenvalue weighted by Crippen LogP contribution is -1.96. The van der Waals surface area contributed by atoms with Gasteiger partial charge in [0.1, 0.15) is 29.0 Å². The van der Waals surface area contributed by atoms with Gasteiger partial charge in [-0.05, 0) is 30.3 Å². The molecule has 28 heavy (non-hydrogen) atoms. The van der Waals surface area contributed by atoms with Crippen molar-refractivity contribution < 1.29 is 9.15 Å². The summed E-state index contributed by atoms with van der Waals surface area (Å²) < 4.78 is 13.2. The number of nitriles is 2. The first kappa shape index (κ1) is 17.1. The van der Waals surface area contributed by atoms with Gasteiger partial charge in [0.05, 0.1) is 5.52 Å². The van der Waals surface area contributed by atoms with Crippen molar-refractivity contribution >= 4 is 27.9 Å². The maximum Gasteiger partial charge on any atom is 0.336 e. The molecule has 4 rings (SSSR count). The average molecular weight is 367 g/mol. The van der Waals surface area contributed by atoms with Crippen LogP contribution in [0.15, 0.2) is 69.4 Å². The minimum Gasteiger partial charge on any atom is -0.440 e. The van der Waals surface area contributed by atoms with Crippen LogP contribution in [0.2, 0.25) is 0 Å². The van der Waals surface area contributed by atoms with Crippen molar-refractivity contribution in [3.63, 3.8) is 0 Å². The van der Waals surface area contributed by atoms with Crippen molar-refractivity contribution in [2.75, 3.05) is 0 Å². The largest absolute Gasteiger partial charge is 0.440 e. The van der Waals surface area contributed by atoms with E-state index in [9.17, 15) is 4.79 Å². The number of para-hydroxylation sites is 1. The first-order chi connectivity index (χ1) is 13.6. The summed E-state index contributed by atoms with van der Waals surface area (Å²) in [7, 11) is 1.84. The van der Waals surface area contributed by atoms with E-state index in [1.165, 1.54) is 12.1 Å². The van der Waals surface area contributed by atoms with E-state index < -0.39 is 5.63 Å². The minimum atomic E-state index is -0.439. The zero-order chi connectivity index (χ0) is 19.7. The lowest BCUT2D eigenvalue weighted by Gasteiger charge is -2.09. The highest BCUT2D eigenvalue weighted by atomic mass is 16.5. The van der Waals surface area contributed by atoms with Crippen LogP contribution in [0.1, 0.15) is 5.56 Å². The minimum absolute atomic E-state index is 0.0225. The number of rotatable bonds is 3. The molecule has 2 aromatic heterocycles. The number of benzene rings is 2. The van der Waals surface area contributed by atoms with Gasteiger partial charge in [-0.3, -0.25) is 0 Å². The first-order valence-electron chi connectivity index (χ1n) is 8.42. The summed E-state index contributed by atoms with van der Waals surface area (Å²) in [5.41, 5.74) is 1.48. The van der Waals surface area contributed by atoms with Crippen molar-refractivity contribution in [1.29, 1.82) is 10.5 Å². The molecule has 6 nitrogen and oxygen atoms in total. The second-order valence-electron chi connectivity index (χ2n) is 6.13. The zero-order valence-corrected chi connectivity index (χ0v) is 14.8. The van der Waals surface area contributed by atoms with Crippen LogP contribution >= 0.6 is 0 Å². The third kappa shape index (κ3) is 2.90. The monoisotopic (exact) mass is 367 g/mol. The Balaban J connectivity index is 1.90. The molecule has 0 saturated carbocycles. The van der Waals surface area contributed by atoms with Gasteiger partial charge in [-0.25, -0.2) is 4.79 Å². The van der Waals surface area contributed by atoms with Crippen molar-refractivity contribution in [3.05, 3.63) is 76.2 Å². The maximum absolute atomic E-state index is 11.5. The zero-order valence-electron chi connectivity index (χ0n) is 14.8. The van der Waals surface area contributed by atoms with Crippen LogP contribution in [0.25, 0.3) is 27.9 Å². The molecular weight excluding hydrogens is 354 g/mol. The molecular formula is C22H13N3O3. The van der Waals surface area contributed by atoms with Crippen molar-refractivity contribution in [2.45, 2.75) is 0 Å². The highest BCUT2D eigenvalue weighted by molar-refractivity contribution is 5.94. The number of aromatic nitrogens is 1. The molecule has 0 aliphatic rings. The van der Waals surface area contributed by atoms with Gasteiger partial charge in [-0.15, -0.1) is 0 Å². The van der Waals surface area contributed by atoms with Crippen LogP contribution in [0.3, 0.4) is 0 Å². The second kappa shape index (κ2) is 6.79.